The minimum Gasteiger partial charge on any atom is -0.302 e. The third kappa shape index (κ3) is 4.77. The van der Waals surface area contributed by atoms with Crippen molar-refractivity contribution in [2.75, 3.05) is 26.2 Å². The topological polar surface area (TPSA) is 73.2 Å². The zero-order chi connectivity index (χ0) is 15.9. The summed E-state index contributed by atoms with van der Waals surface area (Å²) < 4.78 is 40.2. The highest BCUT2D eigenvalue weighted by atomic mass is 32.2. The molecule has 0 fully saturated rings. The zero-order valence-electron chi connectivity index (χ0n) is 12.3. The van der Waals surface area contributed by atoms with Gasteiger partial charge in [0.2, 0.25) is 10.0 Å². The molecule has 0 heterocycles. The first kappa shape index (κ1) is 17.6. The van der Waals surface area contributed by atoms with E-state index < -0.39 is 21.4 Å². The quantitative estimate of drug-likeness (QED) is 0.793. The van der Waals surface area contributed by atoms with Crippen molar-refractivity contribution in [3.8, 4) is 6.07 Å². The molecule has 0 spiro atoms. The van der Waals surface area contributed by atoms with Gasteiger partial charge < -0.3 is 4.90 Å². The molecule has 0 bridgehead atoms. The monoisotopic (exact) mass is 313 g/mol. The molecule has 0 aliphatic carbocycles. The molecule has 0 saturated heterocycles. The molecule has 0 atom stereocenters. The van der Waals surface area contributed by atoms with E-state index >= 15 is 0 Å². The minimum atomic E-state index is -3.88. The normalized spacial score (nSPS) is 11.6. The fourth-order valence-corrected chi connectivity index (χ4v) is 3.18. The molecule has 116 valence electrons. The van der Waals surface area contributed by atoms with E-state index in [9.17, 15) is 12.8 Å². The second-order valence-electron chi connectivity index (χ2n) is 4.56. The first-order valence-corrected chi connectivity index (χ1v) is 8.35. The lowest BCUT2D eigenvalue weighted by Crippen LogP contribution is -2.35. The third-order valence-electron chi connectivity index (χ3n) is 3.08. The summed E-state index contributed by atoms with van der Waals surface area (Å²) in [5.41, 5.74) is -0.453. The molecule has 1 aromatic carbocycles. The molecule has 7 heteroatoms. The first-order chi connectivity index (χ1) is 9.96. The van der Waals surface area contributed by atoms with Gasteiger partial charge in [0, 0.05) is 13.1 Å². The van der Waals surface area contributed by atoms with Gasteiger partial charge in [0.15, 0.2) is 0 Å². The second kappa shape index (κ2) is 8.08. The SMILES string of the molecule is CCCN(CC)CCNS(=O)(=O)c1cccc(F)c1C#N. The summed E-state index contributed by atoms with van der Waals surface area (Å²) >= 11 is 0. The Morgan fingerprint density at radius 2 is 2.05 bits per heavy atom. The summed E-state index contributed by atoms with van der Waals surface area (Å²) in [6.07, 6.45) is 0.989. The lowest BCUT2D eigenvalue weighted by atomic mass is 10.2. The summed E-state index contributed by atoms with van der Waals surface area (Å²) in [4.78, 5) is 1.79. The van der Waals surface area contributed by atoms with Crippen LogP contribution in [-0.2, 0) is 10.0 Å². The standard InChI is InChI=1S/C14H20FN3O2S/c1-3-9-18(4-2)10-8-17-21(19,20)14-7-5-6-13(15)12(14)11-16/h5-7,17H,3-4,8-10H2,1-2H3. The Balaban J connectivity index is 2.80. The summed E-state index contributed by atoms with van der Waals surface area (Å²) in [6.45, 7) is 6.57. The molecule has 5 nitrogen and oxygen atoms in total. The van der Waals surface area contributed by atoms with Crippen molar-refractivity contribution in [1.82, 2.24) is 9.62 Å². The average molecular weight is 313 g/mol. The molecule has 1 rings (SSSR count). The predicted molar refractivity (Wildman–Crippen MR) is 78.7 cm³/mol. The molecule has 0 amide bonds. The van der Waals surface area contributed by atoms with Crippen LogP contribution in [0, 0.1) is 17.1 Å². The largest absolute Gasteiger partial charge is 0.302 e. The van der Waals surface area contributed by atoms with Gasteiger partial charge in [-0.3, -0.25) is 0 Å². The number of halogens is 1. The lowest BCUT2D eigenvalue weighted by molar-refractivity contribution is 0.293. The molecule has 1 aromatic rings. The van der Waals surface area contributed by atoms with E-state index in [1.54, 1.807) is 6.07 Å². The zero-order valence-corrected chi connectivity index (χ0v) is 13.1. The number of benzene rings is 1. The summed E-state index contributed by atoms with van der Waals surface area (Å²) in [5, 5.41) is 8.89. The Hall–Kier alpha value is -1.49. The third-order valence-corrected chi connectivity index (χ3v) is 4.59. The van der Waals surface area contributed by atoms with E-state index in [1.807, 2.05) is 6.92 Å². The molecule has 21 heavy (non-hydrogen) atoms. The summed E-state index contributed by atoms with van der Waals surface area (Å²) in [6, 6.07) is 5.17. The highest BCUT2D eigenvalue weighted by Gasteiger charge is 2.20. The van der Waals surface area contributed by atoms with Gasteiger partial charge in [0.05, 0.1) is 0 Å². The highest BCUT2D eigenvalue weighted by Crippen LogP contribution is 2.17. The first-order valence-electron chi connectivity index (χ1n) is 6.86. The number of sulfonamides is 1. The fourth-order valence-electron chi connectivity index (χ4n) is 2.00. The van der Waals surface area contributed by atoms with Crippen molar-refractivity contribution in [3.05, 3.63) is 29.6 Å². The van der Waals surface area contributed by atoms with Crippen LogP contribution < -0.4 is 4.72 Å². The maximum Gasteiger partial charge on any atom is 0.242 e. The number of likely N-dealkylation sites (N-methyl/N-ethyl adjacent to an activating group) is 1. The second-order valence-corrected chi connectivity index (χ2v) is 6.29. The van der Waals surface area contributed by atoms with Crippen molar-refractivity contribution in [3.63, 3.8) is 0 Å². The smallest absolute Gasteiger partial charge is 0.242 e. The summed E-state index contributed by atoms with van der Waals surface area (Å²) in [5.74, 6) is -0.832. The molecule has 1 N–H and O–H groups in total. The number of rotatable bonds is 8. The van der Waals surface area contributed by atoms with Crippen LogP contribution in [0.1, 0.15) is 25.8 Å². The van der Waals surface area contributed by atoms with Crippen molar-refractivity contribution in [1.29, 1.82) is 5.26 Å². The molecule has 0 radical (unpaired) electrons. The number of hydrogen-bond acceptors (Lipinski definition) is 4. The van der Waals surface area contributed by atoms with E-state index in [0.717, 1.165) is 25.6 Å². The van der Waals surface area contributed by atoms with Gasteiger partial charge >= 0.3 is 0 Å². The van der Waals surface area contributed by atoms with E-state index in [2.05, 4.69) is 16.5 Å². The predicted octanol–water partition coefficient (Wildman–Crippen LogP) is 1.71. The molecule has 0 aliphatic heterocycles. The van der Waals surface area contributed by atoms with Gasteiger partial charge in [0.1, 0.15) is 22.3 Å². The molecule has 0 aliphatic rings. The van der Waals surface area contributed by atoms with Crippen LogP contribution >= 0.6 is 0 Å². The average Bonchev–Trinajstić information content (AvgIpc) is 2.45. The lowest BCUT2D eigenvalue weighted by Gasteiger charge is -2.19. The van der Waals surface area contributed by atoms with E-state index in [1.165, 1.54) is 12.1 Å². The molecule has 0 aromatic heterocycles. The fraction of sp³-hybridized carbons (Fsp3) is 0.500. The number of nitrogens with one attached hydrogen (secondary N) is 1. The summed E-state index contributed by atoms with van der Waals surface area (Å²) in [7, 11) is -3.88. The Labute approximate surface area is 125 Å². The van der Waals surface area contributed by atoms with Crippen LogP contribution in [0.25, 0.3) is 0 Å². The molecular weight excluding hydrogens is 293 g/mol. The van der Waals surface area contributed by atoms with Crippen molar-refractivity contribution in [2.24, 2.45) is 0 Å². The Kier molecular flexibility index (Phi) is 6.75. The number of hydrogen-bond donors (Lipinski definition) is 1. The van der Waals surface area contributed by atoms with Gasteiger partial charge in [-0.05, 0) is 31.6 Å². The molecular formula is C14H20FN3O2S. The van der Waals surface area contributed by atoms with Crippen LogP contribution in [0.4, 0.5) is 4.39 Å². The van der Waals surface area contributed by atoms with Crippen LogP contribution in [0.2, 0.25) is 0 Å². The van der Waals surface area contributed by atoms with Gasteiger partial charge in [-0.1, -0.05) is 19.9 Å². The van der Waals surface area contributed by atoms with Gasteiger partial charge in [-0.25, -0.2) is 17.5 Å². The van der Waals surface area contributed by atoms with Gasteiger partial charge in [-0.2, -0.15) is 5.26 Å². The van der Waals surface area contributed by atoms with Crippen LogP contribution in [-0.4, -0.2) is 39.5 Å². The highest BCUT2D eigenvalue weighted by molar-refractivity contribution is 7.89. The van der Waals surface area contributed by atoms with Crippen molar-refractivity contribution in [2.45, 2.75) is 25.2 Å². The van der Waals surface area contributed by atoms with E-state index in [4.69, 9.17) is 5.26 Å². The Morgan fingerprint density at radius 3 is 2.62 bits per heavy atom. The Morgan fingerprint density at radius 1 is 1.33 bits per heavy atom. The van der Waals surface area contributed by atoms with Crippen LogP contribution in [0.15, 0.2) is 23.1 Å². The van der Waals surface area contributed by atoms with E-state index in [0.29, 0.717) is 6.54 Å². The van der Waals surface area contributed by atoms with Crippen molar-refractivity contribution >= 4 is 10.0 Å². The minimum absolute atomic E-state index is 0.220. The van der Waals surface area contributed by atoms with Crippen LogP contribution in [0.5, 0.6) is 0 Å². The van der Waals surface area contributed by atoms with E-state index in [-0.39, 0.29) is 11.4 Å². The number of nitrogens with zero attached hydrogens (tertiary/aromatic N) is 2. The number of nitriles is 1. The van der Waals surface area contributed by atoms with Crippen molar-refractivity contribution < 1.29 is 12.8 Å². The molecule has 0 unspecified atom stereocenters. The molecule has 0 saturated carbocycles. The Bertz CT molecular complexity index is 611. The van der Waals surface area contributed by atoms with Gasteiger partial charge in [0.25, 0.3) is 0 Å². The van der Waals surface area contributed by atoms with Crippen LogP contribution in [0.3, 0.4) is 0 Å². The maximum absolute atomic E-state index is 13.5. The van der Waals surface area contributed by atoms with Gasteiger partial charge in [-0.15, -0.1) is 0 Å². The maximum atomic E-state index is 13.5.